The van der Waals surface area contributed by atoms with Gasteiger partial charge >= 0.3 is 7.82 Å². The van der Waals surface area contributed by atoms with Crippen molar-refractivity contribution >= 4 is 13.7 Å². The average molecular weight is 967 g/mol. The van der Waals surface area contributed by atoms with Crippen LogP contribution < -0.4 is 5.32 Å². The Morgan fingerprint density at radius 2 is 0.821 bits per heavy atom. The van der Waals surface area contributed by atoms with Crippen LogP contribution in [0.3, 0.4) is 0 Å². The average Bonchev–Trinajstić information content (AvgIpc) is 3.29. The number of unbranched alkanes of at least 4 members (excludes halogenated alkanes) is 36. The van der Waals surface area contributed by atoms with Gasteiger partial charge in [-0.2, -0.15) is 0 Å². The van der Waals surface area contributed by atoms with Crippen LogP contribution in [0.4, 0.5) is 0 Å². The van der Waals surface area contributed by atoms with Crippen LogP contribution in [-0.2, 0) is 18.4 Å². The SMILES string of the molecule is CCCCCCCCCCCCCC/C=C\CCCCCCCCCCCCCC(=O)NC(COP(=O)(O)OCC[N+](C)(C)C)C(O)/C=C/CC/C=C/CCCCCCCCCCCCCC. The van der Waals surface area contributed by atoms with E-state index < -0.39 is 20.0 Å². The second-order valence-electron chi connectivity index (χ2n) is 21.0. The number of carbonyl (C=O) groups is 1. The maximum Gasteiger partial charge on any atom is 0.472 e. The molecular weight excluding hydrogens is 852 g/mol. The number of nitrogens with zero attached hydrogens (tertiary/aromatic N) is 1. The summed E-state index contributed by atoms with van der Waals surface area (Å²) in [5.74, 6) is -0.185. The molecule has 0 aromatic heterocycles. The normalized spacial score (nSPS) is 14.2. The zero-order chi connectivity index (χ0) is 49.2. The van der Waals surface area contributed by atoms with E-state index >= 15 is 0 Å². The summed E-state index contributed by atoms with van der Waals surface area (Å²) in [6.07, 6.45) is 63.9. The number of aliphatic hydroxyl groups is 1. The van der Waals surface area contributed by atoms with E-state index in [1.807, 2.05) is 27.2 Å². The molecule has 0 spiro atoms. The van der Waals surface area contributed by atoms with Crippen molar-refractivity contribution in [2.45, 2.75) is 289 Å². The zero-order valence-corrected chi connectivity index (χ0v) is 46.0. The minimum atomic E-state index is -4.35. The van der Waals surface area contributed by atoms with Gasteiger partial charge in [0.15, 0.2) is 0 Å². The largest absolute Gasteiger partial charge is 0.472 e. The molecule has 0 aliphatic heterocycles. The van der Waals surface area contributed by atoms with Crippen molar-refractivity contribution in [2.75, 3.05) is 40.9 Å². The highest BCUT2D eigenvalue weighted by molar-refractivity contribution is 7.47. The Morgan fingerprint density at radius 1 is 0.493 bits per heavy atom. The van der Waals surface area contributed by atoms with E-state index in [0.717, 1.165) is 38.5 Å². The molecule has 3 N–H and O–H groups in total. The molecule has 396 valence electrons. The lowest BCUT2D eigenvalue weighted by Crippen LogP contribution is -2.45. The van der Waals surface area contributed by atoms with Gasteiger partial charge in [-0.1, -0.05) is 249 Å². The Morgan fingerprint density at radius 3 is 1.19 bits per heavy atom. The Bertz CT molecular complexity index is 1190. The molecule has 0 bridgehead atoms. The Hall–Kier alpha value is -1.28. The number of rotatable bonds is 53. The van der Waals surface area contributed by atoms with Gasteiger partial charge in [-0.15, -0.1) is 0 Å². The van der Waals surface area contributed by atoms with Crippen molar-refractivity contribution < 1.29 is 32.9 Å². The number of nitrogens with one attached hydrogen (secondary N) is 1. The standard InChI is InChI=1S/C58H113N2O6P/c1-6-8-10-12-14-16-18-20-22-24-26-27-28-29-30-31-32-33-34-36-38-40-42-44-46-48-50-52-58(62)59-56(55-66-67(63,64)65-54-53-60(3,4)5)57(61)51-49-47-45-43-41-39-37-35-25-23-21-19-17-15-13-11-9-7-2/h29-30,41,43,49,51,56-57,61H,6-28,31-40,42,44-48,50,52-55H2,1-5H3,(H-,59,62,63,64)/p+1/b30-29-,43-41+,51-49+. The van der Waals surface area contributed by atoms with Gasteiger partial charge in [-0.05, 0) is 57.8 Å². The third-order valence-electron chi connectivity index (χ3n) is 13.1. The van der Waals surface area contributed by atoms with Crippen molar-refractivity contribution in [3.8, 4) is 0 Å². The summed E-state index contributed by atoms with van der Waals surface area (Å²) in [6, 6.07) is -0.863. The maximum atomic E-state index is 13.0. The topological polar surface area (TPSA) is 105 Å². The quantitative estimate of drug-likeness (QED) is 0.0243. The first kappa shape index (κ1) is 65.7. The molecule has 0 saturated carbocycles. The lowest BCUT2D eigenvalue weighted by atomic mass is 10.0. The van der Waals surface area contributed by atoms with E-state index in [2.05, 4.69) is 43.5 Å². The van der Waals surface area contributed by atoms with Crippen LogP contribution in [0.15, 0.2) is 36.5 Å². The molecule has 0 aromatic rings. The summed E-state index contributed by atoms with van der Waals surface area (Å²) in [6.45, 7) is 4.83. The van der Waals surface area contributed by atoms with Crippen LogP contribution in [0, 0.1) is 0 Å². The van der Waals surface area contributed by atoms with E-state index in [4.69, 9.17) is 9.05 Å². The molecule has 0 aromatic carbocycles. The lowest BCUT2D eigenvalue weighted by molar-refractivity contribution is -0.870. The van der Waals surface area contributed by atoms with E-state index in [-0.39, 0.29) is 19.1 Å². The molecule has 8 nitrogen and oxygen atoms in total. The fourth-order valence-electron chi connectivity index (χ4n) is 8.53. The second-order valence-corrected chi connectivity index (χ2v) is 22.5. The fourth-order valence-corrected chi connectivity index (χ4v) is 9.26. The van der Waals surface area contributed by atoms with Crippen molar-refractivity contribution in [3.63, 3.8) is 0 Å². The highest BCUT2D eigenvalue weighted by atomic mass is 31.2. The molecule has 0 radical (unpaired) electrons. The Labute approximate surface area is 417 Å². The third kappa shape index (κ3) is 52.4. The molecule has 0 aliphatic carbocycles. The number of allylic oxidation sites excluding steroid dienone is 5. The molecule has 9 heteroatoms. The molecule has 3 unspecified atom stereocenters. The molecule has 0 rings (SSSR count). The number of quaternary nitrogens is 1. The second kappa shape index (κ2) is 49.7. The van der Waals surface area contributed by atoms with E-state index in [1.54, 1.807) is 6.08 Å². The first-order chi connectivity index (χ1) is 32.5. The van der Waals surface area contributed by atoms with Crippen molar-refractivity contribution in [1.29, 1.82) is 0 Å². The van der Waals surface area contributed by atoms with Gasteiger partial charge in [0.1, 0.15) is 13.2 Å². The minimum absolute atomic E-state index is 0.0568. The number of carbonyl (C=O) groups excluding carboxylic acids is 1. The number of phosphoric acid groups is 1. The summed E-state index contributed by atoms with van der Waals surface area (Å²) in [5, 5.41) is 13.9. The van der Waals surface area contributed by atoms with Gasteiger partial charge in [-0.3, -0.25) is 13.8 Å². The number of amides is 1. The number of hydrogen-bond acceptors (Lipinski definition) is 5. The van der Waals surface area contributed by atoms with Crippen molar-refractivity contribution in [3.05, 3.63) is 36.5 Å². The van der Waals surface area contributed by atoms with Crippen molar-refractivity contribution in [2.24, 2.45) is 0 Å². The van der Waals surface area contributed by atoms with E-state index in [1.165, 1.54) is 218 Å². The van der Waals surface area contributed by atoms with Crippen LogP contribution in [0.5, 0.6) is 0 Å². The first-order valence-electron chi connectivity index (χ1n) is 28.9. The summed E-state index contributed by atoms with van der Waals surface area (Å²) in [4.78, 5) is 23.3. The molecule has 1 amide bonds. The highest BCUT2D eigenvalue weighted by Gasteiger charge is 2.27. The molecule has 67 heavy (non-hydrogen) atoms. The monoisotopic (exact) mass is 966 g/mol. The van der Waals surface area contributed by atoms with Crippen molar-refractivity contribution in [1.82, 2.24) is 5.32 Å². The highest BCUT2D eigenvalue weighted by Crippen LogP contribution is 2.43. The lowest BCUT2D eigenvalue weighted by Gasteiger charge is -2.25. The molecular formula is C58H114N2O6P+. The Kier molecular flexibility index (Phi) is 48.7. The van der Waals surface area contributed by atoms with Crippen LogP contribution in [0.1, 0.15) is 277 Å². The van der Waals surface area contributed by atoms with Crippen LogP contribution in [0.25, 0.3) is 0 Å². The molecule has 0 saturated heterocycles. The van der Waals surface area contributed by atoms with Gasteiger partial charge < -0.3 is 19.8 Å². The number of hydrogen-bond donors (Lipinski definition) is 3. The third-order valence-corrected chi connectivity index (χ3v) is 14.1. The number of aliphatic hydroxyl groups excluding tert-OH is 1. The summed E-state index contributed by atoms with van der Waals surface area (Å²) < 4.78 is 23.7. The van der Waals surface area contributed by atoms with Gasteiger partial charge in [0, 0.05) is 6.42 Å². The zero-order valence-electron chi connectivity index (χ0n) is 45.2. The summed E-state index contributed by atoms with van der Waals surface area (Å²) >= 11 is 0. The molecule has 0 aliphatic rings. The Balaban J connectivity index is 4.20. The minimum Gasteiger partial charge on any atom is -0.387 e. The van der Waals surface area contributed by atoms with Crippen LogP contribution in [0.2, 0.25) is 0 Å². The van der Waals surface area contributed by atoms with Gasteiger partial charge in [0.2, 0.25) is 5.91 Å². The number of phosphoric ester groups is 1. The smallest absolute Gasteiger partial charge is 0.387 e. The summed E-state index contributed by atoms with van der Waals surface area (Å²) in [5.41, 5.74) is 0. The van der Waals surface area contributed by atoms with Gasteiger partial charge in [-0.25, -0.2) is 4.57 Å². The van der Waals surface area contributed by atoms with E-state index in [0.29, 0.717) is 17.4 Å². The van der Waals surface area contributed by atoms with Gasteiger partial charge in [0.05, 0.1) is 39.9 Å². The molecule has 0 heterocycles. The summed E-state index contributed by atoms with van der Waals surface area (Å²) in [7, 11) is 1.56. The fraction of sp³-hybridized carbons (Fsp3) is 0.879. The number of likely N-dealkylation sites (N-methyl/N-ethyl adjacent to an activating group) is 1. The van der Waals surface area contributed by atoms with Crippen LogP contribution in [-0.4, -0.2) is 73.4 Å². The first-order valence-corrected chi connectivity index (χ1v) is 30.4. The maximum absolute atomic E-state index is 13.0. The van der Waals surface area contributed by atoms with Crippen LogP contribution >= 0.6 is 7.82 Å². The van der Waals surface area contributed by atoms with Gasteiger partial charge in [0.25, 0.3) is 0 Å². The molecule has 0 fully saturated rings. The predicted molar refractivity (Wildman–Crippen MR) is 291 cm³/mol. The predicted octanol–water partition coefficient (Wildman–Crippen LogP) is 17.4. The molecule has 3 atom stereocenters. The van der Waals surface area contributed by atoms with E-state index in [9.17, 15) is 19.4 Å².